The van der Waals surface area contributed by atoms with Gasteiger partial charge in [0, 0.05) is 12.6 Å². The van der Waals surface area contributed by atoms with Gasteiger partial charge in [0.25, 0.3) is 0 Å². The van der Waals surface area contributed by atoms with Crippen LogP contribution in [0.5, 0.6) is 0 Å². The molecule has 126 valence electrons. The number of nitrogens with two attached hydrogens (primary N) is 1. The number of rotatable bonds is 7. The van der Waals surface area contributed by atoms with E-state index in [0.717, 1.165) is 31.4 Å². The lowest BCUT2D eigenvalue weighted by Crippen LogP contribution is -2.40. The molecular formula is C15H22ClF3N2O. The van der Waals surface area contributed by atoms with Gasteiger partial charge in [-0.2, -0.15) is 13.2 Å². The van der Waals surface area contributed by atoms with Crippen molar-refractivity contribution < 1.29 is 18.0 Å². The average Bonchev–Trinajstić information content (AvgIpc) is 2.43. The van der Waals surface area contributed by atoms with Crippen LogP contribution in [0.25, 0.3) is 0 Å². The number of amides is 1. The standard InChI is InChI=1S/C15H21F3N2O.ClH/c1-2-3-4-13(10-19)20-14(21)9-11-5-7-12(8-6-11)15(16,17)18;/h5-8,13H,2-4,9-10,19H2,1H3,(H,20,21);1H. The minimum Gasteiger partial charge on any atom is -0.352 e. The first-order valence-corrected chi connectivity index (χ1v) is 7.02. The quantitative estimate of drug-likeness (QED) is 0.801. The summed E-state index contributed by atoms with van der Waals surface area (Å²) in [6, 6.07) is 4.55. The van der Waals surface area contributed by atoms with Crippen LogP contribution in [-0.4, -0.2) is 18.5 Å². The van der Waals surface area contributed by atoms with E-state index in [1.54, 1.807) is 0 Å². The highest BCUT2D eigenvalue weighted by Crippen LogP contribution is 2.29. The highest BCUT2D eigenvalue weighted by atomic mass is 35.5. The monoisotopic (exact) mass is 338 g/mol. The second-order valence-electron chi connectivity index (χ2n) is 5.01. The number of unbranched alkanes of at least 4 members (excludes halogenated alkanes) is 1. The third kappa shape index (κ3) is 7.13. The first kappa shape index (κ1) is 20.7. The van der Waals surface area contributed by atoms with Gasteiger partial charge in [-0.3, -0.25) is 4.79 Å². The largest absolute Gasteiger partial charge is 0.416 e. The van der Waals surface area contributed by atoms with E-state index in [4.69, 9.17) is 5.73 Å². The summed E-state index contributed by atoms with van der Waals surface area (Å²) in [5, 5.41) is 2.81. The first-order chi connectivity index (χ1) is 9.86. The summed E-state index contributed by atoms with van der Waals surface area (Å²) >= 11 is 0. The van der Waals surface area contributed by atoms with Crippen LogP contribution in [0.15, 0.2) is 24.3 Å². The zero-order valence-electron chi connectivity index (χ0n) is 12.5. The van der Waals surface area contributed by atoms with Gasteiger partial charge in [0.1, 0.15) is 0 Å². The summed E-state index contributed by atoms with van der Waals surface area (Å²) in [5.41, 5.74) is 5.42. The number of benzene rings is 1. The van der Waals surface area contributed by atoms with Crippen molar-refractivity contribution in [2.45, 2.75) is 44.8 Å². The maximum Gasteiger partial charge on any atom is 0.416 e. The first-order valence-electron chi connectivity index (χ1n) is 7.02. The van der Waals surface area contributed by atoms with Crippen LogP contribution in [0, 0.1) is 0 Å². The molecule has 0 heterocycles. The van der Waals surface area contributed by atoms with Gasteiger partial charge in [-0.05, 0) is 24.1 Å². The Balaban J connectivity index is 0.00000441. The van der Waals surface area contributed by atoms with Crippen molar-refractivity contribution in [1.29, 1.82) is 0 Å². The maximum absolute atomic E-state index is 12.4. The number of hydrogen-bond acceptors (Lipinski definition) is 2. The zero-order chi connectivity index (χ0) is 15.9. The molecule has 1 aromatic carbocycles. The zero-order valence-corrected chi connectivity index (χ0v) is 13.3. The number of alkyl halides is 3. The molecule has 3 nitrogen and oxygen atoms in total. The van der Waals surface area contributed by atoms with Crippen molar-refractivity contribution in [1.82, 2.24) is 5.32 Å². The number of carbonyl (C=O) groups is 1. The summed E-state index contributed by atoms with van der Waals surface area (Å²) in [5.74, 6) is -0.221. The molecule has 1 rings (SSSR count). The second-order valence-corrected chi connectivity index (χ2v) is 5.01. The van der Waals surface area contributed by atoms with Gasteiger partial charge >= 0.3 is 6.18 Å². The highest BCUT2D eigenvalue weighted by Gasteiger charge is 2.29. The molecule has 1 amide bonds. The molecule has 0 saturated carbocycles. The summed E-state index contributed by atoms with van der Waals surface area (Å²) in [4.78, 5) is 11.8. The van der Waals surface area contributed by atoms with Crippen molar-refractivity contribution in [3.63, 3.8) is 0 Å². The lowest BCUT2D eigenvalue weighted by atomic mass is 10.1. The minimum absolute atomic E-state index is 0. The summed E-state index contributed by atoms with van der Waals surface area (Å²) < 4.78 is 37.3. The SMILES string of the molecule is CCCCC(CN)NC(=O)Cc1ccc(C(F)(F)F)cc1.Cl. The van der Waals surface area contributed by atoms with Crippen molar-refractivity contribution in [3.8, 4) is 0 Å². The average molecular weight is 339 g/mol. The van der Waals surface area contributed by atoms with Gasteiger partial charge in [0.2, 0.25) is 5.91 Å². The molecule has 3 N–H and O–H groups in total. The lowest BCUT2D eigenvalue weighted by Gasteiger charge is -2.16. The van der Waals surface area contributed by atoms with Crippen LogP contribution < -0.4 is 11.1 Å². The van der Waals surface area contributed by atoms with Crippen LogP contribution in [0.2, 0.25) is 0 Å². The topological polar surface area (TPSA) is 55.1 Å². The van der Waals surface area contributed by atoms with E-state index in [9.17, 15) is 18.0 Å². The van der Waals surface area contributed by atoms with Crippen LogP contribution in [0.3, 0.4) is 0 Å². The molecule has 1 atom stereocenters. The number of hydrogen-bond donors (Lipinski definition) is 2. The lowest BCUT2D eigenvalue weighted by molar-refractivity contribution is -0.137. The molecule has 0 aliphatic rings. The van der Waals surface area contributed by atoms with E-state index in [1.807, 2.05) is 0 Å². The summed E-state index contributed by atoms with van der Waals surface area (Å²) in [6.45, 7) is 2.41. The fourth-order valence-electron chi connectivity index (χ4n) is 1.98. The van der Waals surface area contributed by atoms with E-state index in [-0.39, 0.29) is 30.8 Å². The number of carbonyl (C=O) groups excluding carboxylic acids is 1. The Bertz CT molecular complexity index is 449. The predicted molar refractivity (Wildman–Crippen MR) is 82.9 cm³/mol. The van der Waals surface area contributed by atoms with Crippen molar-refractivity contribution in [2.24, 2.45) is 5.73 Å². The second kappa shape index (κ2) is 9.69. The van der Waals surface area contributed by atoms with Gasteiger partial charge in [-0.1, -0.05) is 31.9 Å². The Morgan fingerprint density at radius 2 is 1.86 bits per heavy atom. The Morgan fingerprint density at radius 3 is 2.32 bits per heavy atom. The van der Waals surface area contributed by atoms with E-state index in [1.165, 1.54) is 12.1 Å². The summed E-state index contributed by atoms with van der Waals surface area (Å²) in [7, 11) is 0. The van der Waals surface area contributed by atoms with E-state index in [0.29, 0.717) is 12.1 Å². The molecule has 0 saturated heterocycles. The van der Waals surface area contributed by atoms with Crippen LogP contribution >= 0.6 is 12.4 Å². The highest BCUT2D eigenvalue weighted by molar-refractivity contribution is 5.85. The van der Waals surface area contributed by atoms with Crippen molar-refractivity contribution in [3.05, 3.63) is 35.4 Å². The third-order valence-electron chi connectivity index (χ3n) is 3.20. The molecule has 0 radical (unpaired) electrons. The molecule has 0 aliphatic heterocycles. The molecule has 0 fully saturated rings. The van der Waals surface area contributed by atoms with Crippen LogP contribution in [0.4, 0.5) is 13.2 Å². The number of halogens is 4. The molecule has 1 aromatic rings. The Labute approximate surface area is 134 Å². The van der Waals surface area contributed by atoms with E-state index < -0.39 is 11.7 Å². The number of nitrogens with one attached hydrogen (secondary N) is 1. The van der Waals surface area contributed by atoms with Crippen molar-refractivity contribution in [2.75, 3.05) is 6.54 Å². The molecule has 0 spiro atoms. The molecule has 0 bridgehead atoms. The molecular weight excluding hydrogens is 317 g/mol. The fourth-order valence-corrected chi connectivity index (χ4v) is 1.98. The van der Waals surface area contributed by atoms with Gasteiger partial charge in [-0.25, -0.2) is 0 Å². The van der Waals surface area contributed by atoms with E-state index >= 15 is 0 Å². The van der Waals surface area contributed by atoms with Crippen LogP contribution in [0.1, 0.15) is 37.3 Å². The third-order valence-corrected chi connectivity index (χ3v) is 3.20. The normalized spacial score (nSPS) is 12.4. The maximum atomic E-state index is 12.4. The van der Waals surface area contributed by atoms with Crippen LogP contribution in [-0.2, 0) is 17.4 Å². The molecule has 0 aliphatic carbocycles. The van der Waals surface area contributed by atoms with Crippen molar-refractivity contribution >= 4 is 18.3 Å². The van der Waals surface area contributed by atoms with Gasteiger partial charge < -0.3 is 11.1 Å². The van der Waals surface area contributed by atoms with Gasteiger partial charge in [-0.15, -0.1) is 12.4 Å². The summed E-state index contributed by atoms with van der Waals surface area (Å²) in [6.07, 6.45) is -1.49. The molecule has 1 unspecified atom stereocenters. The van der Waals surface area contributed by atoms with Gasteiger partial charge in [0.05, 0.1) is 12.0 Å². The molecule has 0 aromatic heterocycles. The fraction of sp³-hybridized carbons (Fsp3) is 0.533. The smallest absolute Gasteiger partial charge is 0.352 e. The molecule has 22 heavy (non-hydrogen) atoms. The van der Waals surface area contributed by atoms with E-state index in [2.05, 4.69) is 12.2 Å². The Hall–Kier alpha value is -1.27. The Morgan fingerprint density at radius 1 is 1.27 bits per heavy atom. The van der Waals surface area contributed by atoms with Gasteiger partial charge in [0.15, 0.2) is 0 Å². The molecule has 7 heteroatoms. The minimum atomic E-state index is -4.36. The predicted octanol–water partition coefficient (Wildman–Crippen LogP) is 3.30. The Kier molecular flexibility index (Phi) is 9.13.